The van der Waals surface area contributed by atoms with Crippen LogP contribution in [-0.2, 0) is 6.42 Å². The topological polar surface area (TPSA) is 94.8 Å². The first-order chi connectivity index (χ1) is 11.3. The second-order valence-corrected chi connectivity index (χ2v) is 6.81. The van der Waals surface area contributed by atoms with E-state index in [1.54, 1.807) is 31.2 Å². The Bertz CT molecular complexity index is 910. The third-order valence-corrected chi connectivity index (χ3v) is 4.84. The first kappa shape index (κ1) is 15.1. The van der Waals surface area contributed by atoms with Gasteiger partial charge in [0, 0.05) is 29.5 Å². The van der Waals surface area contributed by atoms with E-state index in [2.05, 4.69) is 0 Å². The molecule has 24 heavy (non-hydrogen) atoms. The molecule has 0 amide bonds. The van der Waals surface area contributed by atoms with E-state index in [1.165, 1.54) is 6.07 Å². The highest BCUT2D eigenvalue weighted by Crippen LogP contribution is 2.43. The summed E-state index contributed by atoms with van der Waals surface area (Å²) < 4.78 is 0. The third kappa shape index (κ3) is 1.95. The summed E-state index contributed by atoms with van der Waals surface area (Å²) in [6.07, 6.45) is -0.930. The summed E-state index contributed by atoms with van der Waals surface area (Å²) in [7, 11) is 0. The second kappa shape index (κ2) is 4.75. The number of aromatic hydroxyl groups is 1. The fourth-order valence-electron chi connectivity index (χ4n) is 3.85. The van der Waals surface area contributed by atoms with Crippen LogP contribution in [0.1, 0.15) is 62.4 Å². The van der Waals surface area contributed by atoms with E-state index >= 15 is 0 Å². The predicted molar refractivity (Wildman–Crippen MR) is 85.3 cm³/mol. The lowest BCUT2D eigenvalue weighted by atomic mass is 9.73. The monoisotopic (exact) mass is 324 g/mol. The molecule has 2 aromatic carbocycles. The van der Waals surface area contributed by atoms with Gasteiger partial charge in [-0.1, -0.05) is 24.3 Å². The van der Waals surface area contributed by atoms with Crippen LogP contribution in [0, 0.1) is 0 Å². The van der Waals surface area contributed by atoms with Crippen molar-refractivity contribution in [2.24, 2.45) is 0 Å². The molecule has 3 N–H and O–H groups in total. The summed E-state index contributed by atoms with van der Waals surface area (Å²) in [5, 5.41) is 31.0. The van der Waals surface area contributed by atoms with Crippen LogP contribution in [0.5, 0.6) is 5.75 Å². The van der Waals surface area contributed by atoms with E-state index in [0.29, 0.717) is 16.7 Å². The number of aliphatic hydroxyl groups excluding tert-OH is 1. The molecule has 0 saturated heterocycles. The summed E-state index contributed by atoms with van der Waals surface area (Å²) in [6.45, 7) is 1.60. The highest BCUT2D eigenvalue weighted by Gasteiger charge is 2.40. The standard InChI is InChI=1S/C19H16O5/c1-19(24)7-9-5-6-11-16(14(9)13(21)8-19)18(23)10-3-2-4-12(20)15(10)17(11)22/h2-6,18,20,23-24H,7-8H2,1H3. The number of aliphatic hydroxyl groups is 2. The summed E-state index contributed by atoms with van der Waals surface area (Å²) in [4.78, 5) is 25.3. The van der Waals surface area contributed by atoms with E-state index < -0.39 is 17.5 Å². The van der Waals surface area contributed by atoms with Crippen molar-refractivity contribution in [2.75, 3.05) is 0 Å². The zero-order chi connectivity index (χ0) is 17.2. The van der Waals surface area contributed by atoms with Gasteiger partial charge >= 0.3 is 0 Å². The van der Waals surface area contributed by atoms with Gasteiger partial charge in [-0.05, 0) is 24.1 Å². The van der Waals surface area contributed by atoms with Crippen molar-refractivity contribution >= 4 is 11.6 Å². The molecule has 0 spiro atoms. The molecule has 2 aromatic rings. The first-order valence-corrected chi connectivity index (χ1v) is 7.76. The fraction of sp³-hybridized carbons (Fsp3) is 0.263. The maximum Gasteiger partial charge on any atom is 0.197 e. The quantitative estimate of drug-likeness (QED) is 0.688. The summed E-state index contributed by atoms with van der Waals surface area (Å²) in [6, 6.07) is 7.73. The molecule has 2 unspecified atom stereocenters. The van der Waals surface area contributed by atoms with Gasteiger partial charge in [-0.25, -0.2) is 0 Å². The molecule has 2 atom stereocenters. The number of carbonyl (C=O) groups excluding carboxylic acids is 2. The van der Waals surface area contributed by atoms with Crippen LogP contribution < -0.4 is 0 Å². The average Bonchev–Trinajstić information content (AvgIpc) is 2.50. The van der Waals surface area contributed by atoms with Gasteiger partial charge in [0.1, 0.15) is 11.9 Å². The number of hydrogen-bond donors (Lipinski definition) is 3. The van der Waals surface area contributed by atoms with Gasteiger partial charge < -0.3 is 15.3 Å². The Morgan fingerprint density at radius 3 is 2.58 bits per heavy atom. The molecule has 0 heterocycles. The minimum absolute atomic E-state index is 0.0513. The number of fused-ring (bicyclic) bond motifs is 4. The van der Waals surface area contributed by atoms with Crippen molar-refractivity contribution in [3.05, 3.63) is 63.7 Å². The number of benzene rings is 2. The molecule has 5 nitrogen and oxygen atoms in total. The molecule has 0 fully saturated rings. The minimum Gasteiger partial charge on any atom is -0.507 e. The van der Waals surface area contributed by atoms with Gasteiger partial charge in [0.15, 0.2) is 11.6 Å². The molecule has 0 radical (unpaired) electrons. The van der Waals surface area contributed by atoms with Crippen molar-refractivity contribution in [2.45, 2.75) is 31.5 Å². The predicted octanol–water partition coefficient (Wildman–Crippen LogP) is 1.90. The van der Waals surface area contributed by atoms with Crippen LogP contribution in [0.2, 0.25) is 0 Å². The second-order valence-electron chi connectivity index (χ2n) is 6.81. The number of Topliss-reactive ketones (excluding diaryl/α,β-unsaturated/α-hetero) is 1. The Morgan fingerprint density at radius 1 is 1.08 bits per heavy atom. The van der Waals surface area contributed by atoms with Crippen LogP contribution in [0.3, 0.4) is 0 Å². The summed E-state index contributed by atoms with van der Waals surface area (Å²) in [5.41, 5.74) is 0.720. The van der Waals surface area contributed by atoms with Gasteiger partial charge in [-0.3, -0.25) is 9.59 Å². The molecule has 2 aliphatic rings. The van der Waals surface area contributed by atoms with E-state index in [-0.39, 0.29) is 41.1 Å². The molecule has 4 rings (SSSR count). The van der Waals surface area contributed by atoms with Crippen LogP contribution >= 0.6 is 0 Å². The van der Waals surface area contributed by atoms with Crippen LogP contribution in [-0.4, -0.2) is 32.5 Å². The van der Waals surface area contributed by atoms with Crippen molar-refractivity contribution in [3.8, 4) is 5.75 Å². The lowest BCUT2D eigenvalue weighted by molar-refractivity contribution is 0.0407. The maximum atomic E-state index is 12.8. The van der Waals surface area contributed by atoms with Crippen molar-refractivity contribution in [3.63, 3.8) is 0 Å². The van der Waals surface area contributed by atoms with Crippen LogP contribution in [0.25, 0.3) is 0 Å². The smallest absolute Gasteiger partial charge is 0.197 e. The summed E-state index contributed by atoms with van der Waals surface area (Å²) in [5.74, 6) is -0.876. The molecule has 122 valence electrons. The third-order valence-electron chi connectivity index (χ3n) is 4.84. The Balaban J connectivity index is 2.00. The molecular formula is C19H16O5. The molecule has 0 aromatic heterocycles. The average molecular weight is 324 g/mol. The number of rotatable bonds is 0. The molecule has 2 aliphatic carbocycles. The van der Waals surface area contributed by atoms with E-state index in [4.69, 9.17) is 0 Å². The number of phenols is 1. The highest BCUT2D eigenvalue weighted by molar-refractivity contribution is 6.16. The number of phenolic OH excluding ortho intramolecular Hbond substituents is 1. The Labute approximate surface area is 138 Å². The van der Waals surface area contributed by atoms with E-state index in [9.17, 15) is 24.9 Å². The fourth-order valence-corrected chi connectivity index (χ4v) is 3.85. The van der Waals surface area contributed by atoms with Crippen molar-refractivity contribution in [1.82, 2.24) is 0 Å². The zero-order valence-electron chi connectivity index (χ0n) is 13.0. The van der Waals surface area contributed by atoms with Gasteiger partial charge in [0.2, 0.25) is 0 Å². The van der Waals surface area contributed by atoms with E-state index in [0.717, 1.165) is 0 Å². The molecular weight excluding hydrogens is 308 g/mol. The lowest BCUT2D eigenvalue weighted by Gasteiger charge is -2.33. The van der Waals surface area contributed by atoms with Gasteiger partial charge in [-0.15, -0.1) is 0 Å². The Kier molecular flexibility index (Phi) is 2.98. The van der Waals surface area contributed by atoms with Gasteiger partial charge in [-0.2, -0.15) is 0 Å². The normalized spacial score (nSPS) is 25.0. The molecule has 5 heteroatoms. The number of carbonyl (C=O) groups is 2. The zero-order valence-corrected chi connectivity index (χ0v) is 13.0. The lowest BCUT2D eigenvalue weighted by Crippen LogP contribution is -2.37. The van der Waals surface area contributed by atoms with E-state index in [1.807, 2.05) is 0 Å². The molecule has 0 bridgehead atoms. The minimum atomic E-state index is -1.17. The van der Waals surface area contributed by atoms with Crippen LogP contribution in [0.4, 0.5) is 0 Å². The summed E-state index contributed by atoms with van der Waals surface area (Å²) >= 11 is 0. The first-order valence-electron chi connectivity index (χ1n) is 7.76. The molecule has 0 aliphatic heterocycles. The van der Waals surface area contributed by atoms with Crippen LogP contribution in [0.15, 0.2) is 30.3 Å². The maximum absolute atomic E-state index is 12.8. The van der Waals surface area contributed by atoms with Crippen molar-refractivity contribution < 1.29 is 24.9 Å². The van der Waals surface area contributed by atoms with Gasteiger partial charge in [0.05, 0.1) is 11.2 Å². The highest BCUT2D eigenvalue weighted by atomic mass is 16.3. The molecule has 0 saturated carbocycles. The largest absolute Gasteiger partial charge is 0.507 e. The van der Waals surface area contributed by atoms with Crippen molar-refractivity contribution in [1.29, 1.82) is 0 Å². The number of ketones is 2. The number of hydrogen-bond acceptors (Lipinski definition) is 5. The SMILES string of the molecule is CC1(O)CC(=O)c2c(ccc3c2C(O)c2cccc(O)c2C3=O)C1. The Hall–Kier alpha value is -2.50. The van der Waals surface area contributed by atoms with Gasteiger partial charge in [0.25, 0.3) is 0 Å². The Morgan fingerprint density at radius 2 is 1.83 bits per heavy atom.